The van der Waals surface area contributed by atoms with Crippen LogP contribution in [-0.4, -0.2) is 11.1 Å². The third-order valence-corrected chi connectivity index (χ3v) is 3.18. The van der Waals surface area contributed by atoms with Gasteiger partial charge in [-0.25, -0.2) is 0 Å². The molecular formula is C18H30O2. The molecule has 0 aliphatic heterocycles. The lowest BCUT2D eigenvalue weighted by atomic mass is 10.1. The van der Waals surface area contributed by atoms with Crippen molar-refractivity contribution in [2.75, 3.05) is 0 Å². The molecule has 0 rings (SSSR count). The molecule has 0 amide bonds. The Morgan fingerprint density at radius 3 is 2.45 bits per heavy atom. The Balaban J connectivity index is 3.25. The summed E-state index contributed by atoms with van der Waals surface area (Å²) in [6.45, 7) is 2.24. The Labute approximate surface area is 124 Å². The lowest BCUT2D eigenvalue weighted by Crippen LogP contribution is -1.92. The minimum atomic E-state index is -0.699. The Hall–Kier alpha value is -1.23. The number of rotatable bonds is 12. The molecule has 0 heterocycles. The van der Waals surface area contributed by atoms with E-state index in [0.29, 0.717) is 0 Å². The van der Waals surface area contributed by atoms with Gasteiger partial charge in [0.1, 0.15) is 0 Å². The average molecular weight is 278 g/mol. The first-order valence-corrected chi connectivity index (χ1v) is 8.10. The minimum absolute atomic E-state index is 0.284. The Morgan fingerprint density at radius 2 is 1.70 bits per heavy atom. The first-order valence-electron chi connectivity index (χ1n) is 8.10. The average Bonchev–Trinajstić information content (AvgIpc) is 2.43. The number of hydrogen-bond acceptors (Lipinski definition) is 1. The van der Waals surface area contributed by atoms with E-state index in [9.17, 15) is 4.79 Å². The summed E-state index contributed by atoms with van der Waals surface area (Å²) in [7, 11) is 0. The van der Waals surface area contributed by atoms with Crippen LogP contribution in [0.5, 0.6) is 0 Å². The van der Waals surface area contributed by atoms with Crippen LogP contribution in [0, 0.1) is 11.8 Å². The summed E-state index contributed by atoms with van der Waals surface area (Å²) in [6, 6.07) is 0. The van der Waals surface area contributed by atoms with Gasteiger partial charge in [-0.2, -0.15) is 0 Å². The van der Waals surface area contributed by atoms with Gasteiger partial charge in [-0.1, -0.05) is 57.1 Å². The van der Waals surface area contributed by atoms with E-state index in [1.165, 1.54) is 38.5 Å². The van der Waals surface area contributed by atoms with Crippen molar-refractivity contribution < 1.29 is 9.90 Å². The number of carboxylic acid groups (broad SMARTS) is 1. The summed E-state index contributed by atoms with van der Waals surface area (Å²) in [4.78, 5) is 10.3. The smallest absolute Gasteiger partial charge is 0.303 e. The number of carbonyl (C=O) groups is 1. The summed E-state index contributed by atoms with van der Waals surface area (Å²) in [5.41, 5.74) is 0. The van der Waals surface area contributed by atoms with E-state index in [4.69, 9.17) is 5.11 Å². The number of carboxylic acids is 1. The quantitative estimate of drug-likeness (QED) is 0.297. The van der Waals surface area contributed by atoms with E-state index in [1.807, 2.05) is 0 Å². The van der Waals surface area contributed by atoms with Gasteiger partial charge in [0.25, 0.3) is 0 Å². The van der Waals surface area contributed by atoms with Gasteiger partial charge in [0, 0.05) is 19.3 Å². The summed E-state index contributed by atoms with van der Waals surface area (Å²) in [5.74, 6) is 5.68. The van der Waals surface area contributed by atoms with Crippen LogP contribution in [-0.2, 0) is 4.79 Å². The molecule has 0 aromatic heterocycles. The second kappa shape index (κ2) is 15.8. The fourth-order valence-corrected chi connectivity index (χ4v) is 1.95. The summed E-state index contributed by atoms with van der Waals surface area (Å²) < 4.78 is 0. The molecular weight excluding hydrogens is 248 g/mol. The molecule has 0 bridgehead atoms. The molecule has 0 aromatic carbocycles. The maximum absolute atomic E-state index is 10.3. The van der Waals surface area contributed by atoms with Crippen LogP contribution in [0.25, 0.3) is 0 Å². The molecule has 0 spiro atoms. The summed E-state index contributed by atoms with van der Waals surface area (Å²) in [6.07, 6.45) is 17.0. The fraction of sp³-hybridized carbons (Fsp3) is 0.722. The van der Waals surface area contributed by atoms with Crippen LogP contribution in [0.15, 0.2) is 12.2 Å². The van der Waals surface area contributed by atoms with Crippen molar-refractivity contribution in [1.29, 1.82) is 0 Å². The molecule has 0 fully saturated rings. The lowest BCUT2D eigenvalue weighted by Gasteiger charge is -1.96. The van der Waals surface area contributed by atoms with Gasteiger partial charge in [0.2, 0.25) is 0 Å². The van der Waals surface area contributed by atoms with Gasteiger partial charge in [-0.3, -0.25) is 4.79 Å². The van der Waals surface area contributed by atoms with Crippen molar-refractivity contribution in [3.63, 3.8) is 0 Å². The highest BCUT2D eigenvalue weighted by Crippen LogP contribution is 2.06. The predicted octanol–water partition coefficient (Wildman–Crippen LogP) is 5.33. The minimum Gasteiger partial charge on any atom is -0.481 e. The number of hydrogen-bond donors (Lipinski definition) is 1. The molecule has 0 atom stereocenters. The van der Waals surface area contributed by atoms with E-state index in [0.717, 1.165) is 32.1 Å². The van der Waals surface area contributed by atoms with Crippen LogP contribution in [0.2, 0.25) is 0 Å². The third-order valence-electron chi connectivity index (χ3n) is 3.18. The molecule has 1 N–H and O–H groups in total. The molecule has 0 unspecified atom stereocenters. The number of unbranched alkanes of at least 4 members (excludes halogenated alkanes) is 8. The van der Waals surface area contributed by atoms with Gasteiger partial charge < -0.3 is 5.11 Å². The van der Waals surface area contributed by atoms with Crippen LogP contribution >= 0.6 is 0 Å². The third kappa shape index (κ3) is 16.8. The maximum Gasteiger partial charge on any atom is 0.303 e. The van der Waals surface area contributed by atoms with Crippen molar-refractivity contribution in [3.8, 4) is 11.8 Å². The van der Waals surface area contributed by atoms with E-state index in [-0.39, 0.29) is 6.42 Å². The van der Waals surface area contributed by atoms with Gasteiger partial charge in [0.05, 0.1) is 0 Å². The molecule has 0 saturated heterocycles. The topological polar surface area (TPSA) is 37.3 Å². The van der Waals surface area contributed by atoms with Gasteiger partial charge in [-0.15, -0.1) is 5.92 Å². The molecule has 0 radical (unpaired) electrons. The zero-order valence-corrected chi connectivity index (χ0v) is 13.0. The van der Waals surface area contributed by atoms with Crippen molar-refractivity contribution in [3.05, 3.63) is 12.2 Å². The van der Waals surface area contributed by atoms with Gasteiger partial charge >= 0.3 is 5.97 Å². The first-order chi connectivity index (χ1) is 9.77. The Morgan fingerprint density at radius 1 is 0.950 bits per heavy atom. The molecule has 0 aliphatic carbocycles. The summed E-state index contributed by atoms with van der Waals surface area (Å²) >= 11 is 0. The molecule has 20 heavy (non-hydrogen) atoms. The largest absolute Gasteiger partial charge is 0.481 e. The van der Waals surface area contributed by atoms with Crippen LogP contribution in [0.1, 0.15) is 84.0 Å². The van der Waals surface area contributed by atoms with E-state index < -0.39 is 5.97 Å². The first kappa shape index (κ1) is 18.8. The van der Waals surface area contributed by atoms with Gasteiger partial charge in [0.15, 0.2) is 0 Å². The highest BCUT2D eigenvalue weighted by Gasteiger charge is 1.93. The van der Waals surface area contributed by atoms with Crippen molar-refractivity contribution >= 4 is 5.97 Å². The van der Waals surface area contributed by atoms with Crippen molar-refractivity contribution in [2.24, 2.45) is 0 Å². The second-order valence-corrected chi connectivity index (χ2v) is 5.19. The van der Waals surface area contributed by atoms with Crippen molar-refractivity contribution in [2.45, 2.75) is 84.0 Å². The lowest BCUT2D eigenvalue weighted by molar-refractivity contribution is -0.137. The monoisotopic (exact) mass is 278 g/mol. The molecule has 0 aromatic rings. The standard InChI is InChI=1S/C18H30O2/c1-2-3-4-5-6-7-8-9-10-11-12-13-14-15-16-17-18(19)20/h12-13H,2-8,11,14-17H2,1H3,(H,19,20)/b13-12-. The van der Waals surface area contributed by atoms with E-state index in [1.54, 1.807) is 0 Å². The van der Waals surface area contributed by atoms with Crippen LogP contribution < -0.4 is 0 Å². The van der Waals surface area contributed by atoms with Gasteiger partial charge in [-0.05, 0) is 25.7 Å². The molecule has 2 nitrogen and oxygen atoms in total. The highest BCUT2D eigenvalue weighted by molar-refractivity contribution is 5.66. The van der Waals surface area contributed by atoms with Crippen molar-refractivity contribution in [1.82, 2.24) is 0 Å². The summed E-state index contributed by atoms with van der Waals surface area (Å²) in [5, 5.41) is 8.48. The normalized spacial score (nSPS) is 10.4. The second-order valence-electron chi connectivity index (χ2n) is 5.19. The maximum atomic E-state index is 10.3. The molecule has 2 heteroatoms. The molecule has 0 saturated carbocycles. The Bertz CT molecular complexity index is 307. The predicted molar refractivity (Wildman–Crippen MR) is 85.6 cm³/mol. The molecule has 0 aliphatic rings. The zero-order chi connectivity index (χ0) is 14.9. The SMILES string of the molecule is CCCCCCCCC#CC/C=C\CCCCC(=O)O. The Kier molecular flexibility index (Phi) is 14.9. The number of allylic oxidation sites excluding steroid dienone is 2. The molecule has 114 valence electrons. The van der Waals surface area contributed by atoms with Crippen LogP contribution in [0.3, 0.4) is 0 Å². The van der Waals surface area contributed by atoms with E-state index >= 15 is 0 Å². The highest BCUT2D eigenvalue weighted by atomic mass is 16.4. The number of aliphatic carboxylic acids is 1. The zero-order valence-electron chi connectivity index (χ0n) is 13.0. The van der Waals surface area contributed by atoms with Crippen LogP contribution in [0.4, 0.5) is 0 Å². The fourth-order valence-electron chi connectivity index (χ4n) is 1.95. The van der Waals surface area contributed by atoms with E-state index in [2.05, 4.69) is 30.9 Å².